The maximum absolute atomic E-state index is 13.1. The van der Waals surface area contributed by atoms with E-state index in [1.807, 2.05) is 25.1 Å². The molecule has 222 valence electrons. The Kier molecular flexibility index (Phi) is 10.3. The maximum Gasteiger partial charge on any atom is 0.404 e. The molecule has 0 aliphatic rings. The fourth-order valence-corrected chi connectivity index (χ4v) is 5.41. The average Bonchev–Trinajstić information content (AvgIpc) is 2.83. The molecule has 3 aromatic carbocycles. The Balaban J connectivity index is 2.04. The molecule has 0 aliphatic carbocycles. The number of alkyl halides is 3. The van der Waals surface area contributed by atoms with Gasteiger partial charge in [-0.3, -0.25) is 4.72 Å². The zero-order valence-corrected chi connectivity index (χ0v) is 24.7. The number of nitrogens with one attached hydrogen (secondary N) is 3. The van der Waals surface area contributed by atoms with Crippen molar-refractivity contribution >= 4 is 38.8 Å². The molecule has 7 nitrogen and oxygen atoms in total. The van der Waals surface area contributed by atoms with Crippen LogP contribution >= 0.6 is 0 Å². The molecule has 2 amide bonds. The van der Waals surface area contributed by atoms with Crippen molar-refractivity contribution in [3.8, 4) is 11.1 Å². The first kappa shape index (κ1) is 31.8. The second-order valence-electron chi connectivity index (χ2n) is 10.9. The topological polar surface area (TPSA) is 90.5 Å². The lowest BCUT2D eigenvalue weighted by Crippen LogP contribution is -2.32. The van der Waals surface area contributed by atoms with Gasteiger partial charge in [-0.25, -0.2) is 13.2 Å². The zero-order chi connectivity index (χ0) is 30.4. The van der Waals surface area contributed by atoms with Gasteiger partial charge in [0.2, 0.25) is 10.0 Å². The van der Waals surface area contributed by atoms with Gasteiger partial charge in [-0.1, -0.05) is 69.7 Å². The molecule has 0 bridgehead atoms. The number of hydrogen-bond acceptors (Lipinski definition) is 4. The van der Waals surface area contributed by atoms with Crippen LogP contribution < -0.4 is 20.3 Å². The van der Waals surface area contributed by atoms with Gasteiger partial charge in [0, 0.05) is 24.3 Å². The molecule has 0 heterocycles. The van der Waals surface area contributed by atoms with E-state index < -0.39 is 28.0 Å². The predicted molar refractivity (Wildman–Crippen MR) is 161 cm³/mol. The SMILES string of the molecule is Cc1ccc(NC(=O)Nc2cc(-c3ccccc3NS(=O)(=O)CC(F)(F)F)ccc2N(CC(C)C)CC(C)C)cc1. The van der Waals surface area contributed by atoms with E-state index in [0.717, 1.165) is 24.3 Å². The van der Waals surface area contributed by atoms with Crippen LogP contribution in [0.5, 0.6) is 0 Å². The van der Waals surface area contributed by atoms with Gasteiger partial charge in [-0.05, 0) is 54.7 Å². The van der Waals surface area contributed by atoms with E-state index in [2.05, 4.69) is 48.0 Å². The first-order valence-electron chi connectivity index (χ1n) is 13.3. The number of hydrogen-bond donors (Lipinski definition) is 3. The lowest BCUT2D eigenvalue weighted by Gasteiger charge is -2.31. The number of carbonyl (C=O) groups excluding carboxylic acids is 1. The van der Waals surface area contributed by atoms with Gasteiger partial charge in [0.05, 0.1) is 17.1 Å². The van der Waals surface area contributed by atoms with Crippen LogP contribution in [0.15, 0.2) is 66.7 Å². The summed E-state index contributed by atoms with van der Waals surface area (Å²) in [5.74, 6) is -1.35. The van der Waals surface area contributed by atoms with E-state index in [0.29, 0.717) is 34.3 Å². The second kappa shape index (κ2) is 13.3. The van der Waals surface area contributed by atoms with E-state index in [-0.39, 0.29) is 5.69 Å². The molecule has 0 fully saturated rings. The van der Waals surface area contributed by atoms with E-state index in [1.54, 1.807) is 36.4 Å². The zero-order valence-electron chi connectivity index (χ0n) is 23.8. The molecule has 3 rings (SSSR count). The van der Waals surface area contributed by atoms with Crippen LogP contribution in [0.1, 0.15) is 33.3 Å². The third kappa shape index (κ3) is 10.00. The van der Waals surface area contributed by atoms with Gasteiger partial charge in [0.25, 0.3) is 0 Å². The lowest BCUT2D eigenvalue weighted by atomic mass is 10.0. The van der Waals surface area contributed by atoms with Gasteiger partial charge < -0.3 is 15.5 Å². The third-order valence-electron chi connectivity index (χ3n) is 5.92. The molecular formula is C30H37F3N4O3S. The number of amides is 2. The Morgan fingerprint density at radius 1 is 0.854 bits per heavy atom. The van der Waals surface area contributed by atoms with Crippen LogP contribution in [0.2, 0.25) is 0 Å². The number of rotatable bonds is 11. The number of halogens is 3. The molecule has 0 atom stereocenters. The smallest absolute Gasteiger partial charge is 0.369 e. The van der Waals surface area contributed by atoms with E-state index in [4.69, 9.17) is 0 Å². The molecule has 3 aromatic rings. The summed E-state index contributed by atoms with van der Waals surface area (Å²) in [6.45, 7) is 11.8. The molecule has 11 heteroatoms. The van der Waals surface area contributed by atoms with Gasteiger partial charge in [-0.2, -0.15) is 13.2 Å². The van der Waals surface area contributed by atoms with Gasteiger partial charge >= 0.3 is 12.2 Å². The van der Waals surface area contributed by atoms with Gasteiger partial charge in [0.1, 0.15) is 0 Å². The predicted octanol–water partition coefficient (Wildman–Crippen LogP) is 7.73. The van der Waals surface area contributed by atoms with Crippen molar-refractivity contribution in [3.05, 3.63) is 72.3 Å². The Hall–Kier alpha value is -3.73. The standard InChI is InChI=1S/C30H37F3N4O3S/c1-20(2)17-37(18-21(3)4)28-15-12-23(16-27(28)35-29(38)34-24-13-10-22(5)11-14-24)25-8-6-7-9-26(25)36-41(39,40)19-30(31,32)33/h6-16,20-21,36H,17-19H2,1-5H3,(H2,34,35,38). The van der Waals surface area contributed by atoms with Crippen molar-refractivity contribution in [1.29, 1.82) is 0 Å². The normalized spacial score (nSPS) is 12.0. The molecule has 0 aliphatic heterocycles. The number of urea groups is 1. The fraction of sp³-hybridized carbons (Fsp3) is 0.367. The Labute approximate surface area is 240 Å². The molecule has 0 saturated carbocycles. The first-order chi connectivity index (χ1) is 19.1. The third-order valence-corrected chi connectivity index (χ3v) is 7.16. The highest BCUT2D eigenvalue weighted by Crippen LogP contribution is 2.36. The van der Waals surface area contributed by atoms with Crippen LogP contribution in [0.3, 0.4) is 0 Å². The summed E-state index contributed by atoms with van der Waals surface area (Å²) in [4.78, 5) is 15.3. The highest BCUT2D eigenvalue weighted by molar-refractivity contribution is 7.92. The number of aryl methyl sites for hydroxylation is 1. The van der Waals surface area contributed by atoms with Crippen LogP contribution in [0.25, 0.3) is 11.1 Å². The minimum Gasteiger partial charge on any atom is -0.369 e. The summed E-state index contributed by atoms with van der Waals surface area (Å²) in [5, 5.41) is 5.75. The minimum atomic E-state index is -4.89. The number of carbonyl (C=O) groups is 1. The maximum atomic E-state index is 13.1. The molecule has 0 radical (unpaired) electrons. The Morgan fingerprint density at radius 2 is 1.46 bits per heavy atom. The van der Waals surface area contributed by atoms with Crippen LogP contribution in [0.4, 0.5) is 40.7 Å². The van der Waals surface area contributed by atoms with Crippen molar-refractivity contribution < 1.29 is 26.4 Å². The van der Waals surface area contributed by atoms with E-state index in [9.17, 15) is 26.4 Å². The first-order valence-corrected chi connectivity index (χ1v) is 15.0. The number of nitrogens with zero attached hydrogens (tertiary/aromatic N) is 1. The minimum absolute atomic E-state index is 0.000717. The van der Waals surface area contributed by atoms with Crippen LogP contribution in [-0.2, 0) is 10.0 Å². The summed E-state index contributed by atoms with van der Waals surface area (Å²) in [6.07, 6.45) is -4.89. The Bertz CT molecular complexity index is 1430. The molecule has 0 spiro atoms. The monoisotopic (exact) mass is 590 g/mol. The highest BCUT2D eigenvalue weighted by Gasteiger charge is 2.35. The number of benzene rings is 3. The van der Waals surface area contributed by atoms with Gasteiger partial charge in [0.15, 0.2) is 5.75 Å². The molecule has 41 heavy (non-hydrogen) atoms. The highest BCUT2D eigenvalue weighted by atomic mass is 32.2. The van der Waals surface area contributed by atoms with Crippen molar-refractivity contribution in [2.24, 2.45) is 11.8 Å². The summed E-state index contributed by atoms with van der Waals surface area (Å²) in [7, 11) is -4.70. The number of sulfonamides is 1. The van der Waals surface area contributed by atoms with Gasteiger partial charge in [-0.15, -0.1) is 0 Å². The molecule has 3 N–H and O–H groups in total. The molecule has 0 unspecified atom stereocenters. The fourth-order valence-electron chi connectivity index (χ4n) is 4.40. The number of anilines is 4. The molecule has 0 aromatic heterocycles. The molecule has 0 saturated heterocycles. The van der Waals surface area contributed by atoms with Crippen molar-refractivity contribution in [2.75, 3.05) is 39.1 Å². The van der Waals surface area contributed by atoms with Crippen molar-refractivity contribution in [2.45, 2.75) is 40.8 Å². The van der Waals surface area contributed by atoms with E-state index in [1.165, 1.54) is 12.1 Å². The summed E-state index contributed by atoms with van der Waals surface area (Å²) >= 11 is 0. The lowest BCUT2D eigenvalue weighted by molar-refractivity contribution is -0.106. The van der Waals surface area contributed by atoms with Crippen molar-refractivity contribution in [3.63, 3.8) is 0 Å². The largest absolute Gasteiger partial charge is 0.404 e. The Morgan fingerprint density at radius 3 is 2.05 bits per heavy atom. The quantitative estimate of drug-likeness (QED) is 0.213. The summed E-state index contributed by atoms with van der Waals surface area (Å²) < 4.78 is 65.2. The average molecular weight is 591 g/mol. The van der Waals surface area contributed by atoms with Crippen molar-refractivity contribution in [1.82, 2.24) is 0 Å². The summed E-state index contributed by atoms with van der Waals surface area (Å²) in [6, 6.07) is 18.4. The second-order valence-corrected chi connectivity index (χ2v) is 12.6. The molecular weight excluding hydrogens is 553 g/mol. The summed E-state index contributed by atoms with van der Waals surface area (Å²) in [5.41, 5.74) is 3.78. The van der Waals surface area contributed by atoms with Crippen LogP contribution in [-0.4, -0.2) is 39.5 Å². The van der Waals surface area contributed by atoms with Crippen LogP contribution in [0, 0.1) is 18.8 Å². The number of para-hydroxylation sites is 1. The van der Waals surface area contributed by atoms with E-state index >= 15 is 0 Å².